The van der Waals surface area contributed by atoms with Crippen LogP contribution in [0.5, 0.6) is 0 Å². The second-order valence-corrected chi connectivity index (χ2v) is 13.4. The molecule has 4 fully saturated rings. The number of nitrogens with zero attached hydrogens (tertiary/aromatic N) is 5. The van der Waals surface area contributed by atoms with Gasteiger partial charge in [0, 0.05) is 68.4 Å². The number of aromatic nitrogens is 4. The molecule has 6 N–H and O–H groups in total. The lowest BCUT2D eigenvalue weighted by atomic mass is 10.2. The number of halogens is 6. The first-order valence-electron chi connectivity index (χ1n) is 15.9. The second kappa shape index (κ2) is 13.4. The number of hydrogen-bond donors (Lipinski definition) is 5. The number of carbonyl (C=O) groups is 4. The van der Waals surface area contributed by atoms with Gasteiger partial charge in [-0.3, -0.25) is 19.1 Å². The summed E-state index contributed by atoms with van der Waals surface area (Å²) in [5.41, 5.74) is 4.39. The highest BCUT2D eigenvalue weighted by Gasteiger charge is 2.60. The first-order valence-corrected chi connectivity index (χ1v) is 16.3. The van der Waals surface area contributed by atoms with E-state index in [2.05, 4.69) is 26.0 Å². The molecule has 1 aromatic carbocycles. The van der Waals surface area contributed by atoms with Gasteiger partial charge in [0.2, 0.25) is 0 Å². The Hall–Kier alpha value is -4.78. The van der Waals surface area contributed by atoms with Crippen LogP contribution in [0.1, 0.15) is 58.4 Å². The van der Waals surface area contributed by atoms with Gasteiger partial charge < -0.3 is 36.3 Å². The highest BCUT2D eigenvalue weighted by molar-refractivity contribution is 6.34. The highest BCUT2D eigenvalue weighted by Crippen LogP contribution is 2.53. The topological polar surface area (TPSA) is 190 Å². The molecule has 1 saturated heterocycles. The van der Waals surface area contributed by atoms with Crippen LogP contribution in [0.3, 0.4) is 0 Å². The maximum Gasteiger partial charge on any atom is 0.435 e. The minimum absolute atomic E-state index is 0.0179. The molecule has 0 bridgehead atoms. The van der Waals surface area contributed by atoms with Crippen LogP contribution in [0.15, 0.2) is 30.6 Å². The summed E-state index contributed by atoms with van der Waals surface area (Å²) in [7, 11) is 1.31. The molecule has 20 heteroatoms. The maximum absolute atomic E-state index is 13.8. The van der Waals surface area contributed by atoms with Crippen molar-refractivity contribution in [1.82, 2.24) is 34.9 Å². The molecule has 3 aliphatic carbocycles. The van der Waals surface area contributed by atoms with E-state index in [0.29, 0.717) is 17.8 Å². The molecule has 4 amide bonds. The Kier molecular flexibility index (Phi) is 9.47. The number of likely N-dealkylation sites (tertiary alicyclic amines) is 1. The van der Waals surface area contributed by atoms with Gasteiger partial charge in [-0.05, 0) is 37.5 Å². The lowest BCUT2D eigenvalue weighted by Gasteiger charge is -2.25. The monoisotopic (exact) mass is 741 g/mol. The number of alkyl halides is 5. The fourth-order valence-electron chi connectivity index (χ4n) is 6.82. The Morgan fingerprint density at radius 2 is 1.78 bits per heavy atom. The molecule has 51 heavy (non-hydrogen) atoms. The van der Waals surface area contributed by atoms with Gasteiger partial charge in [0.25, 0.3) is 24.2 Å². The third-order valence-corrected chi connectivity index (χ3v) is 10.0. The normalized spacial score (nSPS) is 25.7. The van der Waals surface area contributed by atoms with E-state index in [-0.39, 0.29) is 70.3 Å². The minimum Gasteiger partial charge on any atom is -0.483 e. The number of fused-ring (bicyclic) bond motifs is 1. The number of carboxylic acid groups (broad SMARTS) is 1. The van der Waals surface area contributed by atoms with E-state index in [1.807, 2.05) is 0 Å². The quantitative estimate of drug-likeness (QED) is 0.179. The number of nitrogens with two attached hydrogens (primary N) is 1. The van der Waals surface area contributed by atoms with Crippen LogP contribution in [-0.4, -0.2) is 90.8 Å². The molecule has 3 saturated carbocycles. The lowest BCUT2D eigenvalue weighted by Crippen LogP contribution is -2.50. The number of anilines is 1. The van der Waals surface area contributed by atoms with Crippen molar-refractivity contribution in [2.24, 2.45) is 24.6 Å². The second-order valence-electron chi connectivity index (χ2n) is 13.0. The third-order valence-electron chi connectivity index (χ3n) is 9.71. The molecule has 3 heterocycles. The SMILES string of the molecule is Cn1c(-c2cn(C3CC3(F)F)nc2C(F)(F)F)cnc1C(=O)Nc1ccc(C(=O)NC2C3CN(C(=O)N[C@@H]4CCC[C@@H]4N)CC32)c(Cl)c1.O=CO. The van der Waals surface area contributed by atoms with E-state index in [0.717, 1.165) is 36.2 Å². The standard InChI is InChI=1S/C30H31ClF5N9O3.CH2O2/c1-43-21(17-12-45(22-8-29(22,32)33)42-24(17)30(34,35)36)9-38-25(43)27(47)39-13-5-6-14(18(31)7-13)26(46)41-23-15-10-44(11-16(15)23)28(48)40-20-4-2-3-19(20)37;2-1-3/h5-7,9,12,15-16,19-20,22-23H,2-4,8,10-11,37H2,1H3,(H,39,47)(H,40,48)(H,41,46);1H,(H,2,3)/t15?,16?,19-,20+,22?,23?;/m0./s1. The Morgan fingerprint density at radius 3 is 2.35 bits per heavy atom. The molecular formula is C31H33ClF5N9O5. The van der Waals surface area contributed by atoms with E-state index in [1.165, 1.54) is 25.2 Å². The molecule has 274 valence electrons. The Morgan fingerprint density at radius 1 is 1.12 bits per heavy atom. The van der Waals surface area contributed by atoms with Crippen LogP contribution in [0.25, 0.3) is 11.3 Å². The van der Waals surface area contributed by atoms with E-state index in [4.69, 9.17) is 27.2 Å². The summed E-state index contributed by atoms with van der Waals surface area (Å²) in [5.74, 6) is -4.36. The van der Waals surface area contributed by atoms with Gasteiger partial charge in [-0.2, -0.15) is 18.3 Å². The van der Waals surface area contributed by atoms with Crippen LogP contribution >= 0.6 is 11.6 Å². The summed E-state index contributed by atoms with van der Waals surface area (Å²) in [4.78, 5) is 52.8. The van der Waals surface area contributed by atoms with Crippen molar-refractivity contribution in [3.63, 3.8) is 0 Å². The van der Waals surface area contributed by atoms with Crippen LogP contribution < -0.4 is 21.7 Å². The van der Waals surface area contributed by atoms with Gasteiger partial charge in [-0.1, -0.05) is 11.6 Å². The molecule has 1 aliphatic heterocycles. The van der Waals surface area contributed by atoms with Crippen molar-refractivity contribution in [1.29, 1.82) is 0 Å². The zero-order valence-electron chi connectivity index (χ0n) is 26.8. The van der Waals surface area contributed by atoms with Crippen LogP contribution in [0.2, 0.25) is 5.02 Å². The Balaban J connectivity index is 0.00000144. The van der Waals surface area contributed by atoms with Gasteiger partial charge in [-0.15, -0.1) is 0 Å². The van der Waals surface area contributed by atoms with Gasteiger partial charge in [-0.25, -0.2) is 18.6 Å². The predicted molar refractivity (Wildman–Crippen MR) is 170 cm³/mol. The third kappa shape index (κ3) is 7.21. The van der Waals surface area contributed by atoms with E-state index in [9.17, 15) is 36.3 Å². The number of benzene rings is 1. The Bertz CT molecular complexity index is 1850. The average Bonchev–Trinajstić information content (AvgIpc) is 3.50. The molecule has 3 aromatic rings. The average molecular weight is 742 g/mol. The smallest absolute Gasteiger partial charge is 0.435 e. The molecule has 0 spiro atoms. The number of carbonyl (C=O) groups excluding carboxylic acids is 3. The van der Waals surface area contributed by atoms with Crippen LogP contribution in [0.4, 0.5) is 32.4 Å². The van der Waals surface area contributed by atoms with Gasteiger partial charge in [0.1, 0.15) is 6.04 Å². The highest BCUT2D eigenvalue weighted by atomic mass is 35.5. The van der Waals surface area contributed by atoms with E-state index >= 15 is 0 Å². The number of piperidine rings is 1. The molecule has 0 radical (unpaired) electrons. The molecular weight excluding hydrogens is 709 g/mol. The van der Waals surface area contributed by atoms with Crippen molar-refractivity contribution in [3.8, 4) is 11.3 Å². The van der Waals surface area contributed by atoms with Gasteiger partial charge in [0.15, 0.2) is 11.5 Å². The number of rotatable bonds is 7. The fourth-order valence-corrected chi connectivity index (χ4v) is 7.09. The summed E-state index contributed by atoms with van der Waals surface area (Å²) >= 11 is 6.39. The summed E-state index contributed by atoms with van der Waals surface area (Å²) < 4.78 is 70.1. The van der Waals surface area contributed by atoms with Crippen molar-refractivity contribution < 1.29 is 46.2 Å². The van der Waals surface area contributed by atoms with Crippen molar-refractivity contribution >= 4 is 41.6 Å². The maximum atomic E-state index is 13.8. The molecule has 3 unspecified atom stereocenters. The molecule has 4 aliphatic rings. The van der Waals surface area contributed by atoms with Crippen molar-refractivity contribution in [2.45, 2.75) is 61.9 Å². The number of hydrogen-bond acceptors (Lipinski definition) is 7. The molecule has 14 nitrogen and oxygen atoms in total. The zero-order valence-corrected chi connectivity index (χ0v) is 27.6. The number of amides is 4. The minimum atomic E-state index is -4.94. The predicted octanol–water partition coefficient (Wildman–Crippen LogP) is 3.74. The summed E-state index contributed by atoms with van der Waals surface area (Å²) in [6, 6.07) is 2.45. The Labute approximate surface area is 291 Å². The van der Waals surface area contributed by atoms with Crippen LogP contribution in [-0.2, 0) is 18.0 Å². The van der Waals surface area contributed by atoms with Crippen molar-refractivity contribution in [2.75, 3.05) is 18.4 Å². The molecule has 2 aromatic heterocycles. The fraction of sp³-hybridized carbons (Fsp3) is 0.484. The number of imidazole rings is 1. The van der Waals surface area contributed by atoms with Gasteiger partial charge in [0.05, 0.1) is 28.0 Å². The summed E-state index contributed by atoms with van der Waals surface area (Å²) in [5, 5.41) is 18.8. The van der Waals surface area contributed by atoms with E-state index < -0.39 is 47.6 Å². The van der Waals surface area contributed by atoms with Crippen LogP contribution in [0, 0.1) is 11.8 Å². The number of urea groups is 1. The molecule has 5 atom stereocenters. The molecule has 7 rings (SSSR count). The number of nitrogens with one attached hydrogen (secondary N) is 3. The lowest BCUT2D eigenvalue weighted by molar-refractivity contribution is -0.141. The summed E-state index contributed by atoms with van der Waals surface area (Å²) in [6.45, 7) is 0.792. The van der Waals surface area contributed by atoms with Gasteiger partial charge >= 0.3 is 12.2 Å². The first-order chi connectivity index (χ1) is 24.0. The zero-order chi connectivity index (χ0) is 37.0. The summed E-state index contributed by atoms with van der Waals surface area (Å²) in [6.07, 6.45) is -0.904. The first kappa shape index (κ1) is 36.0. The van der Waals surface area contributed by atoms with E-state index in [1.54, 1.807) is 4.90 Å². The van der Waals surface area contributed by atoms with Crippen molar-refractivity contribution in [3.05, 3.63) is 52.7 Å². The largest absolute Gasteiger partial charge is 0.483 e.